The van der Waals surface area contributed by atoms with E-state index in [1.165, 1.54) is 0 Å². The van der Waals surface area contributed by atoms with Crippen LogP contribution in [0.4, 0.5) is 11.4 Å². The second-order valence-electron chi connectivity index (χ2n) is 7.54. The zero-order chi connectivity index (χ0) is 20.4. The van der Waals surface area contributed by atoms with Gasteiger partial charge in [0.15, 0.2) is 0 Å². The van der Waals surface area contributed by atoms with Gasteiger partial charge in [-0.05, 0) is 68.1 Å². The number of carbonyl (C=O) groups is 2. The number of nitrogens with one attached hydrogen (secondary N) is 1. The number of rotatable bonds is 3. The first-order valence-corrected chi connectivity index (χ1v) is 9.91. The predicted molar refractivity (Wildman–Crippen MR) is 117 cm³/mol. The molecule has 0 aliphatic carbocycles. The summed E-state index contributed by atoms with van der Waals surface area (Å²) < 4.78 is 0. The molecular formula is C25H24N2O2. The molecule has 1 heterocycles. The van der Waals surface area contributed by atoms with Crippen LogP contribution in [0.1, 0.15) is 43.8 Å². The van der Waals surface area contributed by atoms with Gasteiger partial charge in [-0.1, -0.05) is 42.0 Å². The van der Waals surface area contributed by atoms with Crippen molar-refractivity contribution in [3.05, 3.63) is 94.5 Å². The Balaban J connectivity index is 1.62. The number of amides is 2. The summed E-state index contributed by atoms with van der Waals surface area (Å²) in [7, 11) is 0. The fourth-order valence-corrected chi connectivity index (χ4v) is 3.78. The molecule has 0 fully saturated rings. The minimum Gasteiger partial charge on any atom is -0.322 e. The van der Waals surface area contributed by atoms with Crippen LogP contribution in [0.2, 0.25) is 0 Å². The van der Waals surface area contributed by atoms with E-state index >= 15 is 0 Å². The largest absolute Gasteiger partial charge is 0.322 e. The molecule has 29 heavy (non-hydrogen) atoms. The van der Waals surface area contributed by atoms with Crippen LogP contribution in [-0.4, -0.2) is 18.4 Å². The number of hydrogen-bond donors (Lipinski definition) is 1. The third kappa shape index (κ3) is 3.92. The first-order valence-electron chi connectivity index (χ1n) is 9.91. The summed E-state index contributed by atoms with van der Waals surface area (Å²) in [5.74, 6) is -0.146. The van der Waals surface area contributed by atoms with Crippen molar-refractivity contribution in [3.8, 4) is 0 Å². The molecule has 0 radical (unpaired) electrons. The molecular weight excluding hydrogens is 360 g/mol. The van der Waals surface area contributed by atoms with Crippen molar-refractivity contribution in [1.29, 1.82) is 0 Å². The minimum absolute atomic E-state index is 0.00967. The van der Waals surface area contributed by atoms with Gasteiger partial charge >= 0.3 is 0 Å². The molecule has 3 aromatic rings. The zero-order valence-corrected chi connectivity index (χ0v) is 16.7. The Morgan fingerprint density at radius 3 is 2.52 bits per heavy atom. The lowest BCUT2D eigenvalue weighted by atomic mass is 9.99. The number of hydrogen-bond acceptors (Lipinski definition) is 2. The van der Waals surface area contributed by atoms with Crippen LogP contribution in [0.3, 0.4) is 0 Å². The van der Waals surface area contributed by atoms with E-state index in [0.717, 1.165) is 35.2 Å². The topological polar surface area (TPSA) is 49.4 Å². The molecule has 1 aliphatic rings. The standard InChI is InChI=1S/C25H24N2O2/c1-17-10-11-18(2)22(15-17)24(28)26-21-13-12-19-9-6-14-27(23(19)16-21)25(29)20-7-4-3-5-8-20/h3-5,7-8,10-13,15-16H,6,9,14H2,1-2H3,(H,26,28). The molecule has 4 heteroatoms. The second-order valence-corrected chi connectivity index (χ2v) is 7.54. The Morgan fingerprint density at radius 1 is 0.931 bits per heavy atom. The van der Waals surface area contributed by atoms with Gasteiger partial charge in [0.1, 0.15) is 0 Å². The van der Waals surface area contributed by atoms with Gasteiger partial charge in [-0.15, -0.1) is 0 Å². The van der Waals surface area contributed by atoms with Crippen LogP contribution in [0.15, 0.2) is 66.7 Å². The van der Waals surface area contributed by atoms with E-state index in [-0.39, 0.29) is 11.8 Å². The van der Waals surface area contributed by atoms with Gasteiger partial charge < -0.3 is 10.2 Å². The molecule has 4 nitrogen and oxygen atoms in total. The van der Waals surface area contributed by atoms with Crippen molar-refractivity contribution in [3.63, 3.8) is 0 Å². The van der Waals surface area contributed by atoms with E-state index in [1.54, 1.807) is 0 Å². The van der Waals surface area contributed by atoms with E-state index in [1.807, 2.05) is 85.5 Å². The molecule has 0 aromatic heterocycles. The van der Waals surface area contributed by atoms with Crippen molar-refractivity contribution < 1.29 is 9.59 Å². The lowest BCUT2D eigenvalue weighted by molar-refractivity contribution is 0.0984. The predicted octanol–water partition coefficient (Wildman–Crippen LogP) is 5.15. The first-order chi connectivity index (χ1) is 14.0. The van der Waals surface area contributed by atoms with Crippen LogP contribution >= 0.6 is 0 Å². The van der Waals surface area contributed by atoms with Crippen molar-refractivity contribution >= 4 is 23.2 Å². The summed E-state index contributed by atoms with van der Waals surface area (Å²) in [6.45, 7) is 4.58. The third-order valence-corrected chi connectivity index (χ3v) is 5.37. The van der Waals surface area contributed by atoms with E-state index < -0.39 is 0 Å². The Labute approximate surface area is 171 Å². The number of aryl methyl sites for hydroxylation is 3. The number of benzene rings is 3. The highest BCUT2D eigenvalue weighted by Crippen LogP contribution is 2.31. The van der Waals surface area contributed by atoms with Crippen LogP contribution in [-0.2, 0) is 6.42 Å². The number of nitrogens with zero attached hydrogens (tertiary/aromatic N) is 1. The van der Waals surface area contributed by atoms with Gasteiger partial charge in [0, 0.05) is 29.0 Å². The average molecular weight is 384 g/mol. The average Bonchev–Trinajstić information content (AvgIpc) is 2.75. The number of fused-ring (bicyclic) bond motifs is 1. The van der Waals surface area contributed by atoms with Gasteiger partial charge in [-0.3, -0.25) is 9.59 Å². The SMILES string of the molecule is Cc1ccc(C)c(C(=O)Nc2ccc3c(c2)N(C(=O)c2ccccc2)CCC3)c1. The molecule has 1 N–H and O–H groups in total. The normalized spacial score (nSPS) is 13.0. The molecule has 0 atom stereocenters. The monoisotopic (exact) mass is 384 g/mol. The third-order valence-electron chi connectivity index (χ3n) is 5.37. The Hall–Kier alpha value is -3.40. The van der Waals surface area contributed by atoms with Crippen LogP contribution in [0, 0.1) is 13.8 Å². The summed E-state index contributed by atoms with van der Waals surface area (Å²) in [4.78, 5) is 27.7. The van der Waals surface area contributed by atoms with Crippen LogP contribution in [0.25, 0.3) is 0 Å². The van der Waals surface area contributed by atoms with E-state index in [4.69, 9.17) is 0 Å². The molecule has 2 amide bonds. The van der Waals surface area contributed by atoms with E-state index in [9.17, 15) is 9.59 Å². The highest BCUT2D eigenvalue weighted by Gasteiger charge is 2.24. The highest BCUT2D eigenvalue weighted by molar-refractivity contribution is 6.08. The maximum atomic E-state index is 13.0. The Bertz CT molecular complexity index is 1070. The van der Waals surface area contributed by atoms with Gasteiger partial charge in [-0.25, -0.2) is 0 Å². The van der Waals surface area contributed by atoms with E-state index in [2.05, 4.69) is 5.32 Å². The Kier molecular flexibility index (Phi) is 5.17. The maximum Gasteiger partial charge on any atom is 0.258 e. The molecule has 0 saturated carbocycles. The van der Waals surface area contributed by atoms with Crippen molar-refractivity contribution in [1.82, 2.24) is 0 Å². The van der Waals surface area contributed by atoms with Crippen molar-refractivity contribution in [2.24, 2.45) is 0 Å². The van der Waals surface area contributed by atoms with Gasteiger partial charge in [0.2, 0.25) is 0 Å². The molecule has 0 bridgehead atoms. The molecule has 0 saturated heterocycles. The zero-order valence-electron chi connectivity index (χ0n) is 16.7. The summed E-state index contributed by atoms with van der Waals surface area (Å²) >= 11 is 0. The molecule has 1 aliphatic heterocycles. The molecule has 0 unspecified atom stereocenters. The fourth-order valence-electron chi connectivity index (χ4n) is 3.78. The van der Waals surface area contributed by atoms with Gasteiger partial charge in [0.05, 0.1) is 0 Å². The summed E-state index contributed by atoms with van der Waals surface area (Å²) in [6.07, 6.45) is 1.86. The van der Waals surface area contributed by atoms with Crippen molar-refractivity contribution in [2.75, 3.05) is 16.8 Å². The summed E-state index contributed by atoms with van der Waals surface area (Å²) in [5, 5.41) is 3.00. The second kappa shape index (κ2) is 7.92. The van der Waals surface area contributed by atoms with Crippen molar-refractivity contribution in [2.45, 2.75) is 26.7 Å². The first kappa shape index (κ1) is 18.9. The number of carbonyl (C=O) groups excluding carboxylic acids is 2. The quantitative estimate of drug-likeness (QED) is 0.679. The van der Waals surface area contributed by atoms with Crippen LogP contribution in [0.5, 0.6) is 0 Å². The smallest absolute Gasteiger partial charge is 0.258 e. The Morgan fingerprint density at radius 2 is 1.72 bits per heavy atom. The lowest BCUT2D eigenvalue weighted by Crippen LogP contribution is -2.35. The fraction of sp³-hybridized carbons (Fsp3) is 0.200. The lowest BCUT2D eigenvalue weighted by Gasteiger charge is -2.30. The highest BCUT2D eigenvalue weighted by atomic mass is 16.2. The minimum atomic E-state index is -0.136. The van der Waals surface area contributed by atoms with E-state index in [0.29, 0.717) is 23.4 Å². The van der Waals surface area contributed by atoms with Gasteiger partial charge in [-0.2, -0.15) is 0 Å². The molecule has 146 valence electrons. The molecule has 3 aromatic carbocycles. The summed E-state index contributed by atoms with van der Waals surface area (Å²) in [5.41, 5.74) is 6.03. The number of anilines is 2. The van der Waals surface area contributed by atoms with Gasteiger partial charge in [0.25, 0.3) is 11.8 Å². The molecule has 4 rings (SSSR count). The van der Waals surface area contributed by atoms with Crippen LogP contribution < -0.4 is 10.2 Å². The summed E-state index contributed by atoms with van der Waals surface area (Å²) in [6, 6.07) is 21.0. The molecule has 0 spiro atoms. The maximum absolute atomic E-state index is 13.0.